The van der Waals surface area contributed by atoms with Crippen molar-refractivity contribution in [2.75, 3.05) is 66.2 Å². The van der Waals surface area contributed by atoms with Crippen LogP contribution in [0.15, 0.2) is 41.0 Å². The van der Waals surface area contributed by atoms with Crippen molar-refractivity contribution in [2.24, 2.45) is 4.58 Å². The van der Waals surface area contributed by atoms with E-state index in [1.165, 1.54) is 0 Å². The Bertz CT molecular complexity index is 979. The van der Waals surface area contributed by atoms with Gasteiger partial charge in [0, 0.05) is 60.5 Å². The maximum atomic E-state index is 12.5. The maximum Gasteiger partial charge on any atom is 0.313 e. The van der Waals surface area contributed by atoms with Crippen molar-refractivity contribution in [3.8, 4) is 5.75 Å². The molecule has 0 N–H and O–H groups in total. The number of nitroso groups, excluding NO2 is 1. The monoisotopic (exact) mass is 503 g/mol. The molecule has 9 heteroatoms. The zero-order chi connectivity index (χ0) is 25.3. The molecule has 0 unspecified atom stereocenters. The minimum Gasteiger partial charge on any atom is -0.497 e. The SMILES string of the molecule is COc1ccc2cc([C@H](C)C(=O)OCCOCCN3CCN(CC(C)(C)SN=O)CC3)ccc2c1. The molecule has 1 heterocycles. The number of rotatable bonds is 13. The van der Waals surface area contributed by atoms with Gasteiger partial charge in [0.25, 0.3) is 0 Å². The van der Waals surface area contributed by atoms with Gasteiger partial charge in [0.15, 0.2) is 0 Å². The van der Waals surface area contributed by atoms with E-state index in [4.69, 9.17) is 14.2 Å². The highest BCUT2D eigenvalue weighted by atomic mass is 32.2. The molecule has 35 heavy (non-hydrogen) atoms. The third-order valence-corrected chi connectivity index (χ3v) is 7.00. The van der Waals surface area contributed by atoms with Crippen molar-refractivity contribution in [1.82, 2.24) is 9.80 Å². The van der Waals surface area contributed by atoms with Crippen molar-refractivity contribution in [3.05, 3.63) is 46.9 Å². The van der Waals surface area contributed by atoms with Crippen LogP contribution in [0.4, 0.5) is 0 Å². The fourth-order valence-electron chi connectivity index (χ4n) is 4.24. The topological polar surface area (TPSA) is 80.7 Å². The summed E-state index contributed by atoms with van der Waals surface area (Å²) < 4.78 is 19.2. The lowest BCUT2D eigenvalue weighted by atomic mass is 9.98. The van der Waals surface area contributed by atoms with Crippen molar-refractivity contribution in [2.45, 2.75) is 31.4 Å². The van der Waals surface area contributed by atoms with E-state index >= 15 is 0 Å². The number of piperazine rings is 1. The van der Waals surface area contributed by atoms with E-state index in [2.05, 4.69) is 14.4 Å². The van der Waals surface area contributed by atoms with Gasteiger partial charge in [-0.05, 0) is 49.2 Å². The van der Waals surface area contributed by atoms with Crippen LogP contribution >= 0.6 is 11.9 Å². The number of benzene rings is 2. The standard InChI is InChI=1S/C26H37N3O5S/c1-20(21-5-6-23-18-24(32-4)8-7-22(23)17-21)25(30)34-16-15-33-14-13-28-9-11-29(12-10-28)19-26(2,3)35-27-31/h5-8,17-18,20H,9-16,19H2,1-4H3/t20-/m0/s1. The van der Waals surface area contributed by atoms with Gasteiger partial charge in [0.2, 0.25) is 0 Å². The zero-order valence-corrected chi connectivity index (χ0v) is 22.0. The Kier molecular flexibility index (Phi) is 10.3. The molecule has 0 bridgehead atoms. The summed E-state index contributed by atoms with van der Waals surface area (Å²) in [5.41, 5.74) is 0.928. The fraction of sp³-hybridized carbons (Fsp3) is 0.577. The Hall–Kier alpha value is -2.20. The van der Waals surface area contributed by atoms with Gasteiger partial charge < -0.3 is 14.2 Å². The summed E-state index contributed by atoms with van der Waals surface area (Å²) in [5.74, 6) is 0.221. The Balaban J connectivity index is 1.30. The molecule has 2 aromatic carbocycles. The molecule has 2 aromatic rings. The second-order valence-corrected chi connectivity index (χ2v) is 11.0. The van der Waals surface area contributed by atoms with Crippen LogP contribution in [0.25, 0.3) is 10.8 Å². The van der Waals surface area contributed by atoms with E-state index in [0.717, 1.165) is 73.3 Å². The molecule has 1 saturated heterocycles. The summed E-state index contributed by atoms with van der Waals surface area (Å²) >= 11 is 1.11. The first kappa shape index (κ1) is 27.4. The lowest BCUT2D eigenvalue weighted by molar-refractivity contribution is -0.146. The molecule has 0 saturated carbocycles. The molecule has 0 amide bonds. The Morgan fingerprint density at radius 1 is 1.03 bits per heavy atom. The lowest BCUT2D eigenvalue weighted by Crippen LogP contribution is -2.50. The number of ether oxygens (including phenoxy) is 3. The summed E-state index contributed by atoms with van der Waals surface area (Å²) in [5, 5.41) is 2.13. The van der Waals surface area contributed by atoms with Crippen LogP contribution in [-0.4, -0.2) is 86.7 Å². The third kappa shape index (κ3) is 8.45. The highest BCUT2D eigenvalue weighted by Crippen LogP contribution is 2.27. The van der Waals surface area contributed by atoms with Crippen LogP contribution in [0.5, 0.6) is 5.75 Å². The Morgan fingerprint density at radius 2 is 1.71 bits per heavy atom. The predicted molar refractivity (Wildman–Crippen MR) is 141 cm³/mol. The molecule has 8 nitrogen and oxygen atoms in total. The average molecular weight is 504 g/mol. The number of carbonyl (C=O) groups is 1. The van der Waals surface area contributed by atoms with Gasteiger partial charge in [-0.2, -0.15) is 0 Å². The maximum absolute atomic E-state index is 12.5. The van der Waals surface area contributed by atoms with Crippen LogP contribution in [0, 0.1) is 4.91 Å². The van der Waals surface area contributed by atoms with E-state index in [1.807, 2.05) is 57.2 Å². The summed E-state index contributed by atoms with van der Waals surface area (Å²) in [6.45, 7) is 12.8. The summed E-state index contributed by atoms with van der Waals surface area (Å²) in [6, 6.07) is 11.9. The summed E-state index contributed by atoms with van der Waals surface area (Å²) in [6.07, 6.45) is 0. The Labute approximate surface area is 212 Å². The number of carbonyl (C=O) groups excluding carboxylic acids is 1. The molecule has 1 atom stereocenters. The van der Waals surface area contributed by atoms with Crippen LogP contribution in [0.1, 0.15) is 32.3 Å². The molecular formula is C26H37N3O5S. The molecule has 192 valence electrons. The third-order valence-electron chi connectivity index (χ3n) is 6.30. The number of hydrogen-bond donors (Lipinski definition) is 0. The first-order chi connectivity index (χ1) is 16.8. The first-order valence-corrected chi connectivity index (χ1v) is 12.9. The molecule has 1 aliphatic heterocycles. The van der Waals surface area contributed by atoms with E-state index < -0.39 is 0 Å². The van der Waals surface area contributed by atoms with Gasteiger partial charge in [0.05, 0.1) is 26.2 Å². The fourth-order valence-corrected chi connectivity index (χ4v) is 4.68. The molecule has 1 fully saturated rings. The molecular weight excluding hydrogens is 466 g/mol. The predicted octanol–water partition coefficient (Wildman–Crippen LogP) is 4.32. The van der Waals surface area contributed by atoms with Crippen LogP contribution < -0.4 is 4.74 Å². The van der Waals surface area contributed by atoms with E-state index in [9.17, 15) is 9.70 Å². The van der Waals surface area contributed by atoms with Crippen LogP contribution in [0.2, 0.25) is 0 Å². The molecule has 0 aliphatic carbocycles. The van der Waals surface area contributed by atoms with Gasteiger partial charge in [0.1, 0.15) is 12.4 Å². The van der Waals surface area contributed by atoms with Crippen LogP contribution in [-0.2, 0) is 14.3 Å². The normalized spacial score (nSPS) is 16.2. The number of nitrogens with zero attached hydrogens (tertiary/aromatic N) is 3. The van der Waals surface area contributed by atoms with E-state index in [0.29, 0.717) is 13.2 Å². The van der Waals surface area contributed by atoms with Crippen molar-refractivity contribution in [3.63, 3.8) is 0 Å². The van der Waals surface area contributed by atoms with E-state index in [1.54, 1.807) is 7.11 Å². The largest absolute Gasteiger partial charge is 0.497 e. The van der Waals surface area contributed by atoms with Gasteiger partial charge in [-0.15, -0.1) is 4.91 Å². The van der Waals surface area contributed by atoms with Gasteiger partial charge in [-0.3, -0.25) is 14.6 Å². The summed E-state index contributed by atoms with van der Waals surface area (Å²) in [7, 11) is 1.65. The zero-order valence-electron chi connectivity index (χ0n) is 21.2. The number of esters is 1. The molecule has 0 radical (unpaired) electrons. The minimum absolute atomic E-state index is 0.162. The van der Waals surface area contributed by atoms with Crippen molar-refractivity contribution < 1.29 is 19.0 Å². The van der Waals surface area contributed by atoms with Crippen molar-refractivity contribution >= 4 is 28.7 Å². The van der Waals surface area contributed by atoms with E-state index in [-0.39, 0.29) is 23.2 Å². The highest BCUT2D eigenvalue weighted by Gasteiger charge is 2.26. The lowest BCUT2D eigenvalue weighted by Gasteiger charge is -2.37. The first-order valence-electron chi connectivity index (χ1n) is 12.1. The molecule has 0 aromatic heterocycles. The Morgan fingerprint density at radius 3 is 2.43 bits per heavy atom. The molecule has 1 aliphatic rings. The second-order valence-electron chi connectivity index (χ2n) is 9.52. The van der Waals surface area contributed by atoms with Crippen molar-refractivity contribution in [1.29, 1.82) is 0 Å². The molecule has 0 spiro atoms. The number of hydrogen-bond acceptors (Lipinski definition) is 9. The van der Waals surface area contributed by atoms with Gasteiger partial charge in [-0.25, -0.2) is 0 Å². The minimum atomic E-state index is -0.344. The quantitative estimate of drug-likeness (QED) is 0.173. The molecule has 3 rings (SSSR count). The highest BCUT2D eigenvalue weighted by molar-refractivity contribution is 7.99. The average Bonchev–Trinajstić information content (AvgIpc) is 2.85. The van der Waals surface area contributed by atoms with Gasteiger partial charge >= 0.3 is 5.97 Å². The van der Waals surface area contributed by atoms with Crippen LogP contribution in [0.3, 0.4) is 0 Å². The second kappa shape index (κ2) is 13.2. The summed E-state index contributed by atoms with van der Waals surface area (Å²) in [4.78, 5) is 27.8. The number of fused-ring (bicyclic) bond motifs is 1. The van der Waals surface area contributed by atoms with Gasteiger partial charge in [-0.1, -0.05) is 24.3 Å². The number of methoxy groups -OCH3 is 1. The smallest absolute Gasteiger partial charge is 0.313 e.